The number of benzene rings is 2. The Morgan fingerprint density at radius 1 is 1.24 bits per heavy atom. The lowest BCUT2D eigenvalue weighted by molar-refractivity contribution is 0.0603. The van der Waals surface area contributed by atoms with Crippen LogP contribution in [0.1, 0.15) is 29.8 Å². The number of carbonyl (C=O) groups is 1. The highest BCUT2D eigenvalue weighted by molar-refractivity contribution is 6.10. The maximum absolute atomic E-state index is 12.5. The van der Waals surface area contributed by atoms with Crippen molar-refractivity contribution in [3.05, 3.63) is 53.6 Å². The van der Waals surface area contributed by atoms with Crippen LogP contribution in [0, 0.1) is 0 Å². The number of hydrogen-bond donors (Lipinski definition) is 2. The minimum absolute atomic E-state index is 0.0952. The molecule has 1 heterocycles. The van der Waals surface area contributed by atoms with Crippen molar-refractivity contribution in [3.63, 3.8) is 0 Å². The summed E-state index contributed by atoms with van der Waals surface area (Å²) in [5.41, 5.74) is 2.40. The van der Waals surface area contributed by atoms with Crippen LogP contribution in [0.25, 0.3) is 22.3 Å². The fourth-order valence-corrected chi connectivity index (χ4v) is 2.84. The number of phenols is 1. The number of fused-ring (bicyclic) bond motifs is 1. The van der Waals surface area contributed by atoms with E-state index in [4.69, 9.17) is 9.15 Å². The predicted octanol–water partition coefficient (Wildman–Crippen LogP) is 4.09. The van der Waals surface area contributed by atoms with E-state index in [0.29, 0.717) is 28.8 Å². The Bertz CT molecular complexity index is 897. The Hall–Kier alpha value is -2.79. The molecule has 0 saturated carbocycles. The normalized spacial score (nSPS) is 11.2. The quantitative estimate of drug-likeness (QED) is 0.685. The van der Waals surface area contributed by atoms with Crippen LogP contribution in [0.15, 0.2) is 46.9 Å². The number of rotatable bonds is 5. The molecule has 0 aliphatic heterocycles. The summed E-state index contributed by atoms with van der Waals surface area (Å²) < 4.78 is 10.9. The Morgan fingerprint density at radius 3 is 2.60 bits per heavy atom. The van der Waals surface area contributed by atoms with Gasteiger partial charge in [0, 0.05) is 29.6 Å². The molecule has 3 aromatic rings. The number of aromatic hydroxyl groups is 1. The summed E-state index contributed by atoms with van der Waals surface area (Å²) in [5, 5.41) is 14.0. The van der Waals surface area contributed by atoms with Gasteiger partial charge in [-0.1, -0.05) is 44.2 Å². The highest BCUT2D eigenvalue weighted by Gasteiger charge is 2.25. The van der Waals surface area contributed by atoms with Gasteiger partial charge in [-0.15, -0.1) is 0 Å². The highest BCUT2D eigenvalue weighted by Crippen LogP contribution is 2.38. The van der Waals surface area contributed by atoms with Gasteiger partial charge < -0.3 is 19.6 Å². The maximum Gasteiger partial charge on any atom is 0.342 e. The average Bonchev–Trinajstić information content (AvgIpc) is 2.99. The van der Waals surface area contributed by atoms with Crippen LogP contribution in [0.4, 0.5) is 0 Å². The monoisotopic (exact) mass is 339 g/mol. The first-order valence-electron chi connectivity index (χ1n) is 8.16. The summed E-state index contributed by atoms with van der Waals surface area (Å²) in [4.78, 5) is 12.5. The number of carbonyl (C=O) groups excluding carboxylic acids is 1. The van der Waals surface area contributed by atoms with E-state index >= 15 is 0 Å². The largest absolute Gasteiger partial charge is 0.508 e. The molecule has 0 aliphatic rings. The first kappa shape index (κ1) is 17.0. The zero-order valence-corrected chi connectivity index (χ0v) is 14.5. The third-order valence-corrected chi connectivity index (χ3v) is 3.98. The number of methoxy groups -OCH3 is 1. The van der Waals surface area contributed by atoms with Gasteiger partial charge in [-0.05, 0) is 11.6 Å². The van der Waals surface area contributed by atoms with Crippen molar-refractivity contribution in [2.45, 2.75) is 26.4 Å². The third-order valence-electron chi connectivity index (χ3n) is 3.98. The molecular weight excluding hydrogens is 318 g/mol. The Labute approximate surface area is 146 Å². The molecule has 0 aliphatic carbocycles. The lowest BCUT2D eigenvalue weighted by Gasteiger charge is -2.10. The zero-order chi connectivity index (χ0) is 18.0. The first-order valence-corrected chi connectivity index (χ1v) is 8.16. The van der Waals surface area contributed by atoms with Gasteiger partial charge in [0.05, 0.1) is 7.11 Å². The van der Waals surface area contributed by atoms with E-state index in [1.807, 2.05) is 44.2 Å². The summed E-state index contributed by atoms with van der Waals surface area (Å²) in [7, 11) is 1.35. The molecule has 0 fully saturated rings. The summed E-state index contributed by atoms with van der Waals surface area (Å²) in [6, 6.07) is 12.8. The first-order chi connectivity index (χ1) is 12.0. The number of ether oxygens (including phenoxy) is 1. The van der Waals surface area contributed by atoms with E-state index in [-0.39, 0.29) is 11.8 Å². The van der Waals surface area contributed by atoms with Crippen molar-refractivity contribution < 1.29 is 19.1 Å². The van der Waals surface area contributed by atoms with Gasteiger partial charge in [0.25, 0.3) is 0 Å². The molecule has 3 rings (SSSR count). The van der Waals surface area contributed by atoms with Crippen LogP contribution in [-0.2, 0) is 11.3 Å². The van der Waals surface area contributed by atoms with Crippen molar-refractivity contribution in [1.82, 2.24) is 5.32 Å². The van der Waals surface area contributed by atoms with Gasteiger partial charge in [0.1, 0.15) is 22.7 Å². The fraction of sp³-hybridized carbons (Fsp3) is 0.250. The molecule has 0 bridgehead atoms. The van der Waals surface area contributed by atoms with Gasteiger partial charge >= 0.3 is 5.97 Å². The number of phenolic OH excluding ortho intramolecular Hbond substituents is 1. The third kappa shape index (κ3) is 3.37. The van der Waals surface area contributed by atoms with Crippen LogP contribution < -0.4 is 5.32 Å². The Balaban J connectivity index is 2.27. The van der Waals surface area contributed by atoms with E-state index in [1.54, 1.807) is 6.07 Å². The molecule has 25 heavy (non-hydrogen) atoms. The summed E-state index contributed by atoms with van der Waals surface area (Å²) >= 11 is 0. The minimum atomic E-state index is -0.464. The molecule has 5 nitrogen and oxygen atoms in total. The molecule has 0 radical (unpaired) electrons. The van der Waals surface area contributed by atoms with Crippen LogP contribution in [0.3, 0.4) is 0 Å². The van der Waals surface area contributed by atoms with E-state index in [2.05, 4.69) is 5.32 Å². The summed E-state index contributed by atoms with van der Waals surface area (Å²) in [6.45, 7) is 4.57. The second-order valence-electron chi connectivity index (χ2n) is 6.18. The highest BCUT2D eigenvalue weighted by atomic mass is 16.5. The standard InChI is InChI=1S/C20H21NO4/c1-12(2)21-11-14-9-15(22)10-16-17(14)18(20(23)24-3)19(25-16)13-7-5-4-6-8-13/h4-10,12,21-22H,11H2,1-3H3. The molecule has 130 valence electrons. The number of hydrogen-bond acceptors (Lipinski definition) is 5. The molecule has 0 spiro atoms. The average molecular weight is 339 g/mol. The van der Waals surface area contributed by atoms with Crippen LogP contribution in [0.2, 0.25) is 0 Å². The van der Waals surface area contributed by atoms with E-state index in [0.717, 1.165) is 11.1 Å². The Kier molecular flexibility index (Phi) is 4.76. The maximum atomic E-state index is 12.5. The van der Waals surface area contributed by atoms with Gasteiger partial charge in [-0.2, -0.15) is 0 Å². The smallest absolute Gasteiger partial charge is 0.342 e. The van der Waals surface area contributed by atoms with Gasteiger partial charge in [-0.3, -0.25) is 0 Å². The second kappa shape index (κ2) is 6.99. The lowest BCUT2D eigenvalue weighted by Crippen LogP contribution is -2.22. The van der Waals surface area contributed by atoms with Gasteiger partial charge in [-0.25, -0.2) is 4.79 Å². The minimum Gasteiger partial charge on any atom is -0.508 e. The summed E-state index contributed by atoms with van der Waals surface area (Å²) in [5.74, 6) is 0.0748. The predicted molar refractivity (Wildman–Crippen MR) is 96.6 cm³/mol. The summed E-state index contributed by atoms with van der Waals surface area (Å²) in [6.07, 6.45) is 0. The lowest BCUT2D eigenvalue weighted by atomic mass is 10.0. The molecule has 1 aromatic heterocycles. The topological polar surface area (TPSA) is 71.7 Å². The van der Waals surface area contributed by atoms with Crippen molar-refractivity contribution in [2.75, 3.05) is 7.11 Å². The molecule has 5 heteroatoms. The Morgan fingerprint density at radius 2 is 1.96 bits per heavy atom. The van der Waals surface area contributed by atoms with E-state index in [9.17, 15) is 9.90 Å². The van der Waals surface area contributed by atoms with E-state index in [1.165, 1.54) is 13.2 Å². The van der Waals surface area contributed by atoms with Crippen molar-refractivity contribution in [3.8, 4) is 17.1 Å². The number of nitrogens with one attached hydrogen (secondary N) is 1. The van der Waals surface area contributed by atoms with Crippen LogP contribution in [-0.4, -0.2) is 24.2 Å². The number of furan rings is 1. The van der Waals surface area contributed by atoms with Crippen molar-refractivity contribution >= 4 is 16.9 Å². The van der Waals surface area contributed by atoms with Crippen molar-refractivity contribution in [1.29, 1.82) is 0 Å². The van der Waals surface area contributed by atoms with Gasteiger partial charge in [0.15, 0.2) is 0 Å². The SMILES string of the molecule is COC(=O)c1c(-c2ccccc2)oc2cc(O)cc(CNC(C)C)c12. The van der Waals surface area contributed by atoms with Crippen molar-refractivity contribution in [2.24, 2.45) is 0 Å². The van der Waals surface area contributed by atoms with Crippen LogP contribution in [0.5, 0.6) is 5.75 Å². The molecule has 2 aromatic carbocycles. The van der Waals surface area contributed by atoms with Gasteiger partial charge in [0.2, 0.25) is 0 Å². The molecule has 2 N–H and O–H groups in total. The fourth-order valence-electron chi connectivity index (χ4n) is 2.84. The molecule has 0 saturated heterocycles. The van der Waals surface area contributed by atoms with E-state index < -0.39 is 5.97 Å². The molecular formula is C20H21NO4. The second-order valence-corrected chi connectivity index (χ2v) is 6.18. The van der Waals surface area contributed by atoms with Crippen LogP contribution >= 0.6 is 0 Å². The molecule has 0 atom stereocenters. The molecule has 0 amide bonds. The zero-order valence-electron chi connectivity index (χ0n) is 14.5. The number of esters is 1. The molecule has 0 unspecified atom stereocenters.